The van der Waals surface area contributed by atoms with Gasteiger partial charge >= 0.3 is 6.03 Å². The summed E-state index contributed by atoms with van der Waals surface area (Å²) in [7, 11) is 0. The van der Waals surface area contributed by atoms with Crippen molar-refractivity contribution in [2.24, 2.45) is 4.99 Å². The fourth-order valence-corrected chi connectivity index (χ4v) is 1.69. The van der Waals surface area contributed by atoms with E-state index in [0.29, 0.717) is 0 Å². The van der Waals surface area contributed by atoms with Crippen LogP contribution in [0.1, 0.15) is 10.8 Å². The van der Waals surface area contributed by atoms with Crippen molar-refractivity contribution >= 4 is 29.5 Å². The molecule has 0 spiro atoms. The average Bonchev–Trinajstić information content (AvgIpc) is 2.56. The summed E-state index contributed by atoms with van der Waals surface area (Å²) in [5.74, 6) is -0.811. The molecule has 1 unspecified atom stereocenters. The zero-order valence-corrected chi connectivity index (χ0v) is 7.25. The van der Waals surface area contributed by atoms with Gasteiger partial charge < -0.3 is 0 Å². The highest BCUT2D eigenvalue weighted by molar-refractivity contribution is 7.10. The molecule has 1 aromatic heterocycles. The topological polar surface area (TPSA) is 71.4 Å². The summed E-state index contributed by atoms with van der Waals surface area (Å²) in [6, 6.07) is -0.606. The third kappa shape index (κ3) is 1.48. The lowest BCUT2D eigenvalue weighted by atomic mass is 10.1. The number of aromatic nitrogens is 1. The van der Waals surface area contributed by atoms with Crippen molar-refractivity contribution in [3.63, 3.8) is 0 Å². The van der Waals surface area contributed by atoms with Gasteiger partial charge in [-0.15, -0.1) is 11.3 Å². The number of carbonyl (C=O) groups is 2. The highest BCUT2D eigenvalue weighted by Crippen LogP contribution is 2.19. The molecule has 0 saturated carbocycles. The molecule has 66 valence electrons. The molecular weight excluding hydrogens is 190 g/mol. The number of thiazole rings is 1. The van der Waals surface area contributed by atoms with Gasteiger partial charge in [0, 0.05) is 17.3 Å². The van der Waals surface area contributed by atoms with Gasteiger partial charge in [0.25, 0.3) is 0 Å². The van der Waals surface area contributed by atoms with Crippen molar-refractivity contribution in [2.75, 3.05) is 0 Å². The number of imide groups is 1. The maximum absolute atomic E-state index is 11.3. The Balaban J connectivity index is 2.31. The molecule has 1 aliphatic rings. The molecule has 13 heavy (non-hydrogen) atoms. The van der Waals surface area contributed by atoms with Crippen molar-refractivity contribution in [1.82, 2.24) is 10.3 Å². The molecule has 2 rings (SSSR count). The normalized spacial score (nSPS) is 21.7. The molecule has 5 nitrogen and oxygen atoms in total. The summed E-state index contributed by atoms with van der Waals surface area (Å²) in [5, 5.41) is 2.12. The Hall–Kier alpha value is -1.56. The summed E-state index contributed by atoms with van der Waals surface area (Å²) in [6.07, 6.45) is 2.94. The Kier molecular flexibility index (Phi) is 1.90. The predicted octanol–water partition coefficient (Wildman–Crippen LogP) is 0.547. The molecule has 0 aliphatic carbocycles. The molecule has 0 bridgehead atoms. The third-order valence-corrected chi connectivity index (χ3v) is 2.47. The monoisotopic (exact) mass is 195 g/mol. The van der Waals surface area contributed by atoms with E-state index < -0.39 is 11.9 Å². The molecular formula is C7H5N3O2S. The summed E-state index contributed by atoms with van der Waals surface area (Å²) in [5.41, 5.74) is 1.63. The molecule has 0 saturated heterocycles. The second kappa shape index (κ2) is 3.06. The molecule has 1 aromatic rings. The maximum atomic E-state index is 11.3. The average molecular weight is 195 g/mol. The van der Waals surface area contributed by atoms with Crippen LogP contribution in [-0.2, 0) is 4.79 Å². The van der Waals surface area contributed by atoms with E-state index in [1.165, 1.54) is 17.6 Å². The van der Waals surface area contributed by atoms with Crippen LogP contribution >= 0.6 is 11.3 Å². The lowest BCUT2D eigenvalue weighted by Gasteiger charge is -2.11. The summed E-state index contributed by atoms with van der Waals surface area (Å²) >= 11 is 1.36. The number of urea groups is 1. The summed E-state index contributed by atoms with van der Waals surface area (Å²) in [4.78, 5) is 30.0. The summed E-state index contributed by atoms with van der Waals surface area (Å²) < 4.78 is 0. The highest BCUT2D eigenvalue weighted by Gasteiger charge is 2.25. The van der Waals surface area contributed by atoms with Gasteiger partial charge in [0.2, 0.25) is 5.91 Å². The molecule has 1 N–H and O–H groups in total. The van der Waals surface area contributed by atoms with Gasteiger partial charge in [0.05, 0.1) is 5.51 Å². The SMILES string of the molecule is O=C1N=CC(c2cncs2)C(=O)N1. The van der Waals surface area contributed by atoms with Gasteiger partial charge in [-0.25, -0.2) is 9.79 Å². The van der Waals surface area contributed by atoms with Gasteiger partial charge in [-0.05, 0) is 0 Å². The highest BCUT2D eigenvalue weighted by atomic mass is 32.1. The molecule has 0 fully saturated rings. The Morgan fingerprint density at radius 3 is 2.92 bits per heavy atom. The lowest BCUT2D eigenvalue weighted by Crippen LogP contribution is -2.37. The largest absolute Gasteiger partial charge is 0.347 e. The van der Waals surface area contributed by atoms with Gasteiger partial charge in [0.1, 0.15) is 5.92 Å². The van der Waals surface area contributed by atoms with Crippen LogP contribution in [0, 0.1) is 0 Å². The number of amides is 3. The first-order chi connectivity index (χ1) is 6.27. The Morgan fingerprint density at radius 1 is 1.46 bits per heavy atom. The molecule has 1 atom stereocenters. The number of nitrogens with zero attached hydrogens (tertiary/aromatic N) is 2. The minimum atomic E-state index is -0.606. The Labute approximate surface area is 77.5 Å². The molecule has 0 radical (unpaired) electrons. The van der Waals surface area contributed by atoms with Crippen molar-refractivity contribution < 1.29 is 9.59 Å². The van der Waals surface area contributed by atoms with Gasteiger partial charge in [-0.3, -0.25) is 15.1 Å². The number of hydrogen-bond acceptors (Lipinski definition) is 4. The predicted molar refractivity (Wildman–Crippen MR) is 46.9 cm³/mol. The quantitative estimate of drug-likeness (QED) is 0.711. The van der Waals surface area contributed by atoms with Crippen molar-refractivity contribution in [2.45, 2.75) is 5.92 Å². The first-order valence-corrected chi connectivity index (χ1v) is 4.43. The third-order valence-electron chi connectivity index (χ3n) is 1.61. The van der Waals surface area contributed by atoms with Crippen LogP contribution in [0.25, 0.3) is 0 Å². The van der Waals surface area contributed by atoms with E-state index in [-0.39, 0.29) is 5.91 Å². The first-order valence-electron chi connectivity index (χ1n) is 3.55. The lowest BCUT2D eigenvalue weighted by molar-refractivity contribution is -0.120. The van der Waals surface area contributed by atoms with E-state index >= 15 is 0 Å². The maximum Gasteiger partial charge on any atom is 0.347 e. The summed E-state index contributed by atoms with van der Waals surface area (Å²) in [6.45, 7) is 0. The number of carbonyl (C=O) groups excluding carboxylic acids is 2. The van der Waals surface area contributed by atoms with E-state index in [0.717, 1.165) is 4.88 Å². The van der Waals surface area contributed by atoms with Gasteiger partial charge in [-0.2, -0.15) is 0 Å². The molecule has 6 heteroatoms. The second-order valence-electron chi connectivity index (χ2n) is 2.45. The van der Waals surface area contributed by atoms with E-state index in [9.17, 15) is 9.59 Å². The van der Waals surface area contributed by atoms with Crippen LogP contribution in [0.5, 0.6) is 0 Å². The molecule has 0 aromatic carbocycles. The van der Waals surface area contributed by atoms with E-state index in [1.807, 2.05) is 0 Å². The minimum Gasteiger partial charge on any atom is -0.275 e. The van der Waals surface area contributed by atoms with Gasteiger partial charge in [-0.1, -0.05) is 0 Å². The fourth-order valence-electron chi connectivity index (χ4n) is 1.01. The fraction of sp³-hybridized carbons (Fsp3) is 0.143. The number of rotatable bonds is 1. The van der Waals surface area contributed by atoms with Crippen LogP contribution in [0.4, 0.5) is 4.79 Å². The zero-order chi connectivity index (χ0) is 9.26. The van der Waals surface area contributed by atoms with E-state index in [1.54, 1.807) is 11.7 Å². The van der Waals surface area contributed by atoms with E-state index in [2.05, 4.69) is 15.3 Å². The Bertz CT molecular complexity index is 371. The molecule has 3 amide bonds. The number of hydrogen-bond donors (Lipinski definition) is 1. The second-order valence-corrected chi connectivity index (χ2v) is 3.37. The zero-order valence-electron chi connectivity index (χ0n) is 6.43. The van der Waals surface area contributed by atoms with Crippen LogP contribution in [0.2, 0.25) is 0 Å². The first kappa shape index (κ1) is 8.06. The van der Waals surface area contributed by atoms with Crippen molar-refractivity contribution in [3.8, 4) is 0 Å². The van der Waals surface area contributed by atoms with Crippen LogP contribution in [0.15, 0.2) is 16.7 Å². The number of aliphatic imine (C=N–C) groups is 1. The number of nitrogens with one attached hydrogen (secondary N) is 1. The smallest absolute Gasteiger partial charge is 0.275 e. The van der Waals surface area contributed by atoms with Crippen molar-refractivity contribution in [1.29, 1.82) is 0 Å². The van der Waals surface area contributed by atoms with Crippen LogP contribution in [-0.4, -0.2) is 23.1 Å². The molecule has 2 heterocycles. The Morgan fingerprint density at radius 2 is 2.31 bits per heavy atom. The van der Waals surface area contributed by atoms with Gasteiger partial charge in [0.15, 0.2) is 0 Å². The van der Waals surface area contributed by atoms with Crippen molar-refractivity contribution in [3.05, 3.63) is 16.6 Å². The molecule has 1 aliphatic heterocycles. The van der Waals surface area contributed by atoms with Crippen LogP contribution < -0.4 is 5.32 Å². The minimum absolute atomic E-state index is 0.343. The van der Waals surface area contributed by atoms with Crippen LogP contribution in [0.3, 0.4) is 0 Å². The van der Waals surface area contributed by atoms with E-state index in [4.69, 9.17) is 0 Å². The standard InChI is InChI=1S/C7H5N3O2S/c11-6-4(1-9-7(12)10-6)5-2-8-3-13-5/h1-4H,(H,10,11,12).